The lowest BCUT2D eigenvalue weighted by molar-refractivity contribution is -0.384. The number of nitro benzene ring substituents is 1. The molecule has 9 nitrogen and oxygen atoms in total. The van der Waals surface area contributed by atoms with Crippen LogP contribution in [0.1, 0.15) is 16.1 Å². The Morgan fingerprint density at radius 3 is 2.32 bits per heavy atom. The van der Waals surface area contributed by atoms with Crippen molar-refractivity contribution in [3.05, 3.63) is 105 Å². The molecule has 34 heavy (non-hydrogen) atoms. The molecule has 0 aliphatic heterocycles. The van der Waals surface area contributed by atoms with Gasteiger partial charge < -0.3 is 4.74 Å². The molecule has 0 fully saturated rings. The number of esters is 1. The number of nitro groups is 1. The van der Waals surface area contributed by atoms with Crippen molar-refractivity contribution in [1.82, 2.24) is 9.78 Å². The molecule has 0 amide bonds. The van der Waals surface area contributed by atoms with Crippen molar-refractivity contribution in [1.29, 1.82) is 0 Å². The fraction of sp³-hybridized carbons (Fsp3) is 0.0435. The van der Waals surface area contributed by atoms with E-state index in [0.717, 1.165) is 24.3 Å². The molecule has 4 aromatic rings. The third kappa shape index (κ3) is 4.41. The maximum atomic E-state index is 13.5. The van der Waals surface area contributed by atoms with E-state index in [1.54, 1.807) is 42.5 Å². The lowest BCUT2D eigenvalue weighted by atomic mass is 10.2. The SMILES string of the molecule is Cc1nn(-c2ccccc2)c(OC(=O)c2cccc(Cl)c2)c1S(=O)(=O)c1ccc([N+](=O)[O-])cc1. The van der Waals surface area contributed by atoms with E-state index in [1.807, 2.05) is 0 Å². The Bertz CT molecular complexity index is 1500. The Morgan fingerprint density at radius 1 is 1.03 bits per heavy atom. The van der Waals surface area contributed by atoms with Crippen LogP contribution in [0.5, 0.6) is 5.88 Å². The average Bonchev–Trinajstić information content (AvgIpc) is 3.16. The lowest BCUT2D eigenvalue weighted by Crippen LogP contribution is -2.14. The van der Waals surface area contributed by atoms with Gasteiger partial charge in [0.25, 0.3) is 5.69 Å². The highest BCUT2D eigenvalue weighted by atomic mass is 35.5. The summed E-state index contributed by atoms with van der Waals surface area (Å²) in [6, 6.07) is 19.0. The number of carbonyl (C=O) groups is 1. The molecule has 0 saturated carbocycles. The topological polar surface area (TPSA) is 121 Å². The van der Waals surface area contributed by atoms with Crippen molar-refractivity contribution in [2.75, 3.05) is 0 Å². The summed E-state index contributed by atoms with van der Waals surface area (Å²) in [5.41, 5.74) is 0.397. The standard InChI is InChI=1S/C23H16ClN3O6S/c1-15-21(34(31,32)20-12-10-19(11-13-20)27(29)30)22(26(25-15)18-8-3-2-4-9-18)33-23(28)16-6-5-7-17(24)14-16/h2-14H,1H3. The summed E-state index contributed by atoms with van der Waals surface area (Å²) < 4.78 is 33.9. The smallest absolute Gasteiger partial charge is 0.344 e. The van der Waals surface area contributed by atoms with Crippen LogP contribution in [0.4, 0.5) is 5.69 Å². The number of nitrogens with zero attached hydrogens (tertiary/aromatic N) is 3. The minimum absolute atomic E-state index is 0.0797. The Kier molecular flexibility index (Phi) is 6.18. The predicted octanol–water partition coefficient (Wildman–Crippen LogP) is 4.79. The minimum atomic E-state index is -4.28. The van der Waals surface area contributed by atoms with E-state index in [4.69, 9.17) is 16.3 Å². The molecule has 0 aliphatic carbocycles. The molecule has 0 spiro atoms. The normalized spacial score (nSPS) is 11.2. The summed E-state index contributed by atoms with van der Waals surface area (Å²) in [5.74, 6) is -1.15. The largest absolute Gasteiger partial charge is 0.402 e. The van der Waals surface area contributed by atoms with Gasteiger partial charge in [0.2, 0.25) is 15.7 Å². The van der Waals surface area contributed by atoms with Gasteiger partial charge in [-0.25, -0.2) is 13.2 Å². The second kappa shape index (κ2) is 9.08. The number of hydrogen-bond acceptors (Lipinski definition) is 7. The fourth-order valence-electron chi connectivity index (χ4n) is 3.26. The van der Waals surface area contributed by atoms with Crippen LogP contribution in [-0.4, -0.2) is 29.1 Å². The predicted molar refractivity (Wildman–Crippen MR) is 123 cm³/mol. The molecule has 1 heterocycles. The van der Waals surface area contributed by atoms with Gasteiger partial charge in [0.05, 0.1) is 26.8 Å². The van der Waals surface area contributed by atoms with E-state index < -0.39 is 20.7 Å². The molecule has 0 bridgehead atoms. The zero-order valence-electron chi connectivity index (χ0n) is 17.6. The van der Waals surface area contributed by atoms with Gasteiger partial charge in [0.15, 0.2) is 4.90 Å². The van der Waals surface area contributed by atoms with Crippen molar-refractivity contribution < 1.29 is 22.9 Å². The first-order chi connectivity index (χ1) is 16.2. The summed E-state index contributed by atoms with van der Waals surface area (Å²) in [5, 5.41) is 15.6. The number of aromatic nitrogens is 2. The van der Waals surface area contributed by atoms with Gasteiger partial charge in [-0.3, -0.25) is 10.1 Å². The van der Waals surface area contributed by atoms with Crippen molar-refractivity contribution in [2.24, 2.45) is 0 Å². The Morgan fingerprint density at radius 2 is 1.71 bits per heavy atom. The van der Waals surface area contributed by atoms with Crippen molar-refractivity contribution in [3.63, 3.8) is 0 Å². The summed E-state index contributed by atoms with van der Waals surface area (Å²) in [7, 11) is -4.28. The zero-order valence-corrected chi connectivity index (χ0v) is 19.2. The molecule has 4 rings (SSSR count). The number of carbonyl (C=O) groups excluding carboxylic acids is 1. The van der Waals surface area contributed by atoms with Crippen LogP contribution in [0.15, 0.2) is 88.7 Å². The molecular weight excluding hydrogens is 482 g/mol. The number of benzene rings is 3. The summed E-state index contributed by atoms with van der Waals surface area (Å²) in [6.45, 7) is 1.47. The van der Waals surface area contributed by atoms with E-state index in [-0.39, 0.29) is 32.6 Å². The first kappa shape index (κ1) is 23.1. The van der Waals surface area contributed by atoms with E-state index in [9.17, 15) is 23.3 Å². The van der Waals surface area contributed by atoms with Crippen LogP contribution >= 0.6 is 11.6 Å². The highest BCUT2D eigenvalue weighted by Crippen LogP contribution is 2.35. The van der Waals surface area contributed by atoms with Crippen LogP contribution < -0.4 is 4.74 Å². The molecule has 11 heteroatoms. The lowest BCUT2D eigenvalue weighted by Gasteiger charge is -2.11. The Balaban J connectivity index is 1.87. The molecule has 0 atom stereocenters. The number of para-hydroxylation sites is 1. The molecule has 1 aromatic heterocycles. The van der Waals surface area contributed by atoms with Crippen LogP contribution in [-0.2, 0) is 9.84 Å². The minimum Gasteiger partial charge on any atom is -0.402 e. The number of aryl methyl sites for hydroxylation is 1. The molecule has 3 aromatic carbocycles. The van der Waals surface area contributed by atoms with Gasteiger partial charge in [-0.05, 0) is 49.4 Å². The second-order valence-electron chi connectivity index (χ2n) is 7.12. The number of halogens is 1. The third-order valence-corrected chi connectivity index (χ3v) is 6.98. The van der Waals surface area contributed by atoms with Crippen molar-refractivity contribution in [3.8, 4) is 11.6 Å². The highest BCUT2D eigenvalue weighted by molar-refractivity contribution is 7.91. The van der Waals surface area contributed by atoms with Crippen LogP contribution in [0, 0.1) is 17.0 Å². The Hall–Kier alpha value is -4.02. The Labute approximate surface area is 199 Å². The van der Waals surface area contributed by atoms with Gasteiger partial charge in [-0.2, -0.15) is 9.78 Å². The number of rotatable bonds is 6. The third-order valence-electron chi connectivity index (χ3n) is 4.84. The van der Waals surface area contributed by atoms with Gasteiger partial charge >= 0.3 is 5.97 Å². The van der Waals surface area contributed by atoms with Gasteiger partial charge in [-0.15, -0.1) is 0 Å². The van der Waals surface area contributed by atoms with Gasteiger partial charge in [0, 0.05) is 17.2 Å². The van der Waals surface area contributed by atoms with E-state index in [1.165, 1.54) is 23.7 Å². The average molecular weight is 498 g/mol. The van der Waals surface area contributed by atoms with Crippen LogP contribution in [0.3, 0.4) is 0 Å². The molecule has 0 unspecified atom stereocenters. The number of hydrogen-bond donors (Lipinski definition) is 0. The van der Waals surface area contributed by atoms with E-state index >= 15 is 0 Å². The summed E-state index contributed by atoms with van der Waals surface area (Å²) >= 11 is 5.97. The molecule has 0 aliphatic rings. The first-order valence-corrected chi connectivity index (χ1v) is 11.7. The maximum Gasteiger partial charge on any atom is 0.344 e. The number of sulfone groups is 1. The first-order valence-electron chi connectivity index (χ1n) is 9.81. The fourth-order valence-corrected chi connectivity index (χ4v) is 4.97. The number of non-ortho nitro benzene ring substituents is 1. The summed E-state index contributed by atoms with van der Waals surface area (Å²) in [6.07, 6.45) is 0. The molecule has 0 N–H and O–H groups in total. The second-order valence-corrected chi connectivity index (χ2v) is 9.44. The van der Waals surface area contributed by atoms with E-state index in [0.29, 0.717) is 10.7 Å². The quantitative estimate of drug-likeness (QED) is 0.213. The van der Waals surface area contributed by atoms with Gasteiger partial charge in [-0.1, -0.05) is 35.9 Å². The molecule has 172 valence electrons. The van der Waals surface area contributed by atoms with Crippen LogP contribution in [0.25, 0.3) is 5.69 Å². The van der Waals surface area contributed by atoms with Crippen molar-refractivity contribution in [2.45, 2.75) is 16.7 Å². The molecular formula is C23H16ClN3O6S. The van der Waals surface area contributed by atoms with Crippen molar-refractivity contribution >= 4 is 33.1 Å². The maximum absolute atomic E-state index is 13.5. The monoisotopic (exact) mass is 497 g/mol. The van der Waals surface area contributed by atoms with Crippen LogP contribution in [0.2, 0.25) is 5.02 Å². The molecule has 0 radical (unpaired) electrons. The summed E-state index contributed by atoms with van der Waals surface area (Å²) in [4.78, 5) is 22.7. The highest BCUT2D eigenvalue weighted by Gasteiger charge is 2.32. The zero-order chi connectivity index (χ0) is 24.5. The van der Waals surface area contributed by atoms with E-state index in [2.05, 4.69) is 5.10 Å². The van der Waals surface area contributed by atoms with Gasteiger partial charge in [0.1, 0.15) is 0 Å². The molecule has 0 saturated heterocycles. The number of ether oxygens (including phenoxy) is 1.